The van der Waals surface area contributed by atoms with E-state index in [1.165, 1.54) is 12.1 Å². The first-order valence-electron chi connectivity index (χ1n) is 6.26. The van der Waals surface area contributed by atoms with E-state index in [-0.39, 0.29) is 5.56 Å². The monoisotopic (exact) mass is 251 g/mol. The summed E-state index contributed by atoms with van der Waals surface area (Å²) in [5.41, 5.74) is 0.403. The fourth-order valence-corrected chi connectivity index (χ4v) is 2.34. The summed E-state index contributed by atoms with van der Waals surface area (Å²) < 4.78 is 13.2. The van der Waals surface area contributed by atoms with Crippen LogP contribution in [0.15, 0.2) is 18.2 Å². The highest BCUT2D eigenvalue weighted by Gasteiger charge is 2.31. The van der Waals surface area contributed by atoms with Gasteiger partial charge in [-0.1, -0.05) is 13.8 Å². The van der Waals surface area contributed by atoms with Crippen molar-refractivity contribution < 1.29 is 14.3 Å². The molecule has 1 fully saturated rings. The third-order valence-corrected chi connectivity index (χ3v) is 3.68. The molecule has 2 N–H and O–H groups in total. The Bertz CT molecular complexity index is 453. The van der Waals surface area contributed by atoms with Crippen molar-refractivity contribution in [3.8, 4) is 0 Å². The van der Waals surface area contributed by atoms with Gasteiger partial charge in [-0.3, -0.25) is 0 Å². The highest BCUT2D eigenvalue weighted by atomic mass is 19.1. The quantitative estimate of drug-likeness (QED) is 0.862. The molecule has 1 aliphatic carbocycles. The van der Waals surface area contributed by atoms with Gasteiger partial charge in [0.25, 0.3) is 0 Å². The largest absolute Gasteiger partial charge is 0.478 e. The number of rotatable bonds is 4. The summed E-state index contributed by atoms with van der Waals surface area (Å²) in [7, 11) is 0. The van der Waals surface area contributed by atoms with Crippen molar-refractivity contribution in [1.82, 2.24) is 0 Å². The van der Waals surface area contributed by atoms with Crippen LogP contribution in [0, 0.1) is 17.7 Å². The van der Waals surface area contributed by atoms with Crippen LogP contribution in [0.5, 0.6) is 0 Å². The van der Waals surface area contributed by atoms with Gasteiger partial charge in [0, 0.05) is 11.7 Å². The lowest BCUT2D eigenvalue weighted by Gasteiger charge is -2.39. The lowest BCUT2D eigenvalue weighted by atomic mass is 9.73. The molecule has 0 saturated heterocycles. The second-order valence-corrected chi connectivity index (χ2v) is 5.32. The van der Waals surface area contributed by atoms with Crippen LogP contribution in [0.1, 0.15) is 37.0 Å². The van der Waals surface area contributed by atoms with Crippen LogP contribution in [-0.4, -0.2) is 17.1 Å². The molecule has 0 spiro atoms. The average Bonchev–Trinajstić information content (AvgIpc) is 2.23. The van der Waals surface area contributed by atoms with E-state index < -0.39 is 11.8 Å². The van der Waals surface area contributed by atoms with Gasteiger partial charge in [0.05, 0.1) is 5.56 Å². The van der Waals surface area contributed by atoms with E-state index in [2.05, 4.69) is 19.2 Å². The number of anilines is 1. The average molecular weight is 251 g/mol. The Labute approximate surface area is 106 Å². The molecule has 0 amide bonds. The molecule has 18 heavy (non-hydrogen) atoms. The van der Waals surface area contributed by atoms with Crippen molar-refractivity contribution in [2.45, 2.75) is 32.7 Å². The highest BCUT2D eigenvalue weighted by molar-refractivity contribution is 5.89. The van der Waals surface area contributed by atoms with Crippen LogP contribution in [0.3, 0.4) is 0 Å². The topological polar surface area (TPSA) is 49.3 Å². The Morgan fingerprint density at radius 3 is 2.67 bits per heavy atom. The van der Waals surface area contributed by atoms with E-state index in [4.69, 9.17) is 5.11 Å². The first-order valence-corrected chi connectivity index (χ1v) is 6.26. The minimum absolute atomic E-state index is 0.278. The van der Waals surface area contributed by atoms with Gasteiger partial charge in [0.15, 0.2) is 0 Å². The van der Waals surface area contributed by atoms with Crippen LogP contribution >= 0.6 is 0 Å². The van der Waals surface area contributed by atoms with Crippen LogP contribution in [0.2, 0.25) is 0 Å². The van der Waals surface area contributed by atoms with Gasteiger partial charge in [-0.2, -0.15) is 0 Å². The molecule has 1 aromatic rings. The Morgan fingerprint density at radius 2 is 2.11 bits per heavy atom. The van der Waals surface area contributed by atoms with Crippen molar-refractivity contribution in [2.24, 2.45) is 11.8 Å². The number of carboxylic acids is 1. The van der Waals surface area contributed by atoms with Gasteiger partial charge in [0.2, 0.25) is 0 Å². The molecule has 0 unspecified atom stereocenters. The maximum Gasteiger partial charge on any atom is 0.338 e. The molecule has 1 aliphatic rings. The summed E-state index contributed by atoms with van der Waals surface area (Å²) >= 11 is 0. The summed E-state index contributed by atoms with van der Waals surface area (Å²) in [4.78, 5) is 10.8. The number of nitrogens with one attached hydrogen (secondary N) is 1. The van der Waals surface area contributed by atoms with Crippen LogP contribution in [0.25, 0.3) is 0 Å². The molecular formula is C14H18FNO2. The van der Waals surface area contributed by atoms with Crippen molar-refractivity contribution in [1.29, 1.82) is 0 Å². The summed E-state index contributed by atoms with van der Waals surface area (Å²) in [6.45, 7) is 4.42. The highest BCUT2D eigenvalue weighted by Crippen LogP contribution is 2.35. The fraction of sp³-hybridized carbons (Fsp3) is 0.500. The number of halogens is 1. The van der Waals surface area contributed by atoms with Crippen molar-refractivity contribution in [3.63, 3.8) is 0 Å². The minimum atomic E-state index is -1.23. The molecule has 3 nitrogen and oxygen atoms in total. The van der Waals surface area contributed by atoms with Crippen LogP contribution in [0.4, 0.5) is 10.1 Å². The lowest BCUT2D eigenvalue weighted by molar-refractivity contribution is 0.0692. The predicted octanol–water partition coefficient (Wildman–Crippen LogP) is 3.37. The van der Waals surface area contributed by atoms with Gasteiger partial charge in [-0.15, -0.1) is 0 Å². The Balaban J connectivity index is 1.99. The smallest absolute Gasteiger partial charge is 0.338 e. The molecule has 2 rings (SSSR count). The number of carbonyl (C=O) groups is 1. The summed E-state index contributed by atoms with van der Waals surface area (Å²) in [6.07, 6.45) is 2.19. The Hall–Kier alpha value is -1.58. The van der Waals surface area contributed by atoms with Gasteiger partial charge < -0.3 is 10.4 Å². The number of aromatic carboxylic acids is 1. The van der Waals surface area contributed by atoms with Crippen LogP contribution < -0.4 is 5.32 Å². The fourth-order valence-electron chi connectivity index (χ4n) is 2.34. The van der Waals surface area contributed by atoms with Crippen LogP contribution in [-0.2, 0) is 0 Å². The molecule has 98 valence electrons. The summed E-state index contributed by atoms with van der Waals surface area (Å²) in [5.74, 6) is -0.501. The molecule has 0 bridgehead atoms. The first-order chi connectivity index (χ1) is 8.47. The standard InChI is InChI=1S/C14H18FNO2/c1-8(2)9-5-11(6-9)16-10-3-4-13(15)12(7-10)14(17)18/h3-4,7-9,11,16H,5-6H2,1-2H3,(H,17,18). The van der Waals surface area contributed by atoms with Gasteiger partial charge >= 0.3 is 5.97 Å². The zero-order valence-electron chi connectivity index (χ0n) is 10.6. The Morgan fingerprint density at radius 1 is 1.44 bits per heavy atom. The van der Waals surface area contributed by atoms with E-state index in [9.17, 15) is 9.18 Å². The molecule has 1 saturated carbocycles. The van der Waals surface area contributed by atoms with E-state index in [0.717, 1.165) is 18.8 Å². The normalized spacial score (nSPS) is 22.7. The Kier molecular flexibility index (Phi) is 3.55. The van der Waals surface area contributed by atoms with E-state index in [0.29, 0.717) is 17.6 Å². The molecule has 0 atom stereocenters. The second-order valence-electron chi connectivity index (χ2n) is 5.32. The molecular weight excluding hydrogens is 233 g/mol. The molecule has 0 aromatic heterocycles. The molecule has 0 radical (unpaired) electrons. The van der Waals surface area contributed by atoms with E-state index in [1.54, 1.807) is 6.07 Å². The van der Waals surface area contributed by atoms with Crippen molar-refractivity contribution >= 4 is 11.7 Å². The maximum absolute atomic E-state index is 13.2. The third-order valence-electron chi connectivity index (χ3n) is 3.68. The summed E-state index contributed by atoms with van der Waals surface area (Å²) in [5, 5.41) is 12.1. The second kappa shape index (κ2) is 4.96. The van der Waals surface area contributed by atoms with E-state index in [1.807, 2.05) is 0 Å². The first kappa shape index (κ1) is 12.9. The molecule has 0 aliphatic heterocycles. The minimum Gasteiger partial charge on any atom is -0.478 e. The number of carboxylic acid groups (broad SMARTS) is 1. The lowest BCUT2D eigenvalue weighted by Crippen LogP contribution is -2.37. The maximum atomic E-state index is 13.2. The molecule has 1 aromatic carbocycles. The van der Waals surface area contributed by atoms with Crippen molar-refractivity contribution in [2.75, 3.05) is 5.32 Å². The number of hydrogen-bond acceptors (Lipinski definition) is 2. The van der Waals surface area contributed by atoms with Gasteiger partial charge in [0.1, 0.15) is 5.82 Å². The molecule has 0 heterocycles. The number of hydrogen-bond donors (Lipinski definition) is 2. The molecule has 4 heteroatoms. The van der Waals surface area contributed by atoms with Crippen molar-refractivity contribution in [3.05, 3.63) is 29.6 Å². The zero-order valence-corrected chi connectivity index (χ0v) is 10.6. The summed E-state index contributed by atoms with van der Waals surface area (Å²) in [6, 6.07) is 4.53. The number of benzene rings is 1. The third kappa shape index (κ3) is 2.63. The SMILES string of the molecule is CC(C)C1CC(Nc2ccc(F)c(C(=O)O)c2)C1. The van der Waals surface area contributed by atoms with E-state index >= 15 is 0 Å². The van der Waals surface area contributed by atoms with Gasteiger partial charge in [-0.25, -0.2) is 9.18 Å². The van der Waals surface area contributed by atoms with Gasteiger partial charge in [-0.05, 0) is 42.9 Å². The zero-order chi connectivity index (χ0) is 13.3. The predicted molar refractivity (Wildman–Crippen MR) is 68.3 cm³/mol.